The third kappa shape index (κ3) is 4.37. The number of esters is 1. The van der Waals surface area contributed by atoms with Crippen LogP contribution in [0, 0.1) is 10.8 Å². The van der Waals surface area contributed by atoms with Crippen molar-refractivity contribution in [2.45, 2.75) is 53.0 Å². The minimum atomic E-state index is -0.940. The molecule has 1 saturated heterocycles. The Morgan fingerprint density at radius 3 is 2.69 bits per heavy atom. The number of carboxylic acid groups (broad SMARTS) is 1. The number of hydrogen-bond donors (Lipinski definition) is 1. The molecule has 2 unspecified atom stereocenters. The van der Waals surface area contributed by atoms with Crippen LogP contribution in [0.2, 0.25) is 0 Å². The van der Waals surface area contributed by atoms with Gasteiger partial charge < -0.3 is 14.7 Å². The molecule has 6 nitrogen and oxygen atoms in total. The first kappa shape index (κ1) is 20.7. The fraction of sp³-hybridized carbons (Fsp3) is 0.632. The van der Waals surface area contributed by atoms with Crippen molar-refractivity contribution in [1.82, 2.24) is 9.88 Å². The molecular weight excluding hydrogens is 400 g/mol. The molecule has 7 heteroatoms. The molecule has 1 aromatic rings. The molecule has 1 aliphatic heterocycles. The van der Waals surface area contributed by atoms with Crippen LogP contribution < -0.4 is 0 Å². The zero-order chi connectivity index (χ0) is 19.5. The van der Waals surface area contributed by atoms with E-state index in [1.807, 2.05) is 32.9 Å². The molecule has 0 aliphatic carbocycles. The summed E-state index contributed by atoms with van der Waals surface area (Å²) < 4.78 is 6.12. The maximum Gasteiger partial charge on any atom is 0.407 e. The fourth-order valence-corrected chi connectivity index (χ4v) is 4.08. The quantitative estimate of drug-likeness (QED) is 0.578. The number of pyridine rings is 1. The highest BCUT2D eigenvalue weighted by atomic mass is 79.9. The normalized spacial score (nSPS) is 23.6. The number of rotatable bonds is 4. The minimum absolute atomic E-state index is 0.255. The molecule has 2 rings (SSSR count). The van der Waals surface area contributed by atoms with Gasteiger partial charge in [0, 0.05) is 18.8 Å². The molecule has 1 fully saturated rings. The molecular formula is C19H27BrN2O4. The summed E-state index contributed by atoms with van der Waals surface area (Å²) in [6.45, 7) is 8.43. The highest BCUT2D eigenvalue weighted by molar-refractivity contribution is 9.10. The van der Waals surface area contributed by atoms with Crippen molar-refractivity contribution in [1.29, 1.82) is 0 Å². The van der Waals surface area contributed by atoms with Gasteiger partial charge in [0.2, 0.25) is 0 Å². The standard InChI is InChI=1S/C19H27BrN2O4/c1-5-26-16(23)19(11-13-7-6-9-21-15(13)20)8-10-22(17(24)25)14(12-19)18(2,3)4/h6-7,9,14H,5,8,10-12H2,1-4H3,(H,24,25). The van der Waals surface area contributed by atoms with E-state index >= 15 is 0 Å². The highest BCUT2D eigenvalue weighted by Crippen LogP contribution is 2.45. The van der Waals surface area contributed by atoms with Gasteiger partial charge in [0.25, 0.3) is 0 Å². The van der Waals surface area contributed by atoms with Gasteiger partial charge in [0.15, 0.2) is 0 Å². The van der Waals surface area contributed by atoms with Crippen LogP contribution in [-0.2, 0) is 16.0 Å². The Labute approximate surface area is 163 Å². The lowest BCUT2D eigenvalue weighted by Gasteiger charge is -2.49. The van der Waals surface area contributed by atoms with Crippen molar-refractivity contribution in [2.24, 2.45) is 10.8 Å². The number of piperidine rings is 1. The number of carbonyl (C=O) groups excluding carboxylic acids is 1. The molecule has 0 aromatic carbocycles. The second kappa shape index (κ2) is 7.94. The van der Waals surface area contributed by atoms with Gasteiger partial charge in [-0.1, -0.05) is 26.8 Å². The Bertz CT molecular complexity index is 674. The van der Waals surface area contributed by atoms with Crippen LogP contribution in [0.15, 0.2) is 22.9 Å². The van der Waals surface area contributed by atoms with Crippen LogP contribution >= 0.6 is 15.9 Å². The van der Waals surface area contributed by atoms with Crippen LogP contribution in [0.25, 0.3) is 0 Å². The van der Waals surface area contributed by atoms with E-state index in [1.165, 1.54) is 4.90 Å². The molecule has 1 N–H and O–H groups in total. The van der Waals surface area contributed by atoms with Crippen molar-refractivity contribution >= 4 is 28.0 Å². The topological polar surface area (TPSA) is 79.7 Å². The van der Waals surface area contributed by atoms with E-state index in [0.29, 0.717) is 37.0 Å². The Morgan fingerprint density at radius 2 is 2.15 bits per heavy atom. The number of aromatic nitrogens is 1. The van der Waals surface area contributed by atoms with Crippen LogP contribution in [0.4, 0.5) is 4.79 Å². The fourth-order valence-electron chi connectivity index (χ4n) is 3.69. The second-order valence-electron chi connectivity index (χ2n) is 7.94. The summed E-state index contributed by atoms with van der Waals surface area (Å²) in [7, 11) is 0. The van der Waals surface area contributed by atoms with Crippen molar-refractivity contribution in [3.63, 3.8) is 0 Å². The van der Waals surface area contributed by atoms with Gasteiger partial charge >= 0.3 is 12.1 Å². The number of halogens is 1. The summed E-state index contributed by atoms with van der Waals surface area (Å²) in [5, 5.41) is 9.61. The van der Waals surface area contributed by atoms with Gasteiger partial charge in [-0.3, -0.25) is 4.79 Å². The lowest BCUT2D eigenvalue weighted by Crippen LogP contribution is -2.57. The highest BCUT2D eigenvalue weighted by Gasteiger charge is 2.50. The smallest absolute Gasteiger partial charge is 0.407 e. The molecule has 26 heavy (non-hydrogen) atoms. The molecule has 1 aliphatic rings. The molecule has 144 valence electrons. The summed E-state index contributed by atoms with van der Waals surface area (Å²) in [4.78, 5) is 30.4. The summed E-state index contributed by atoms with van der Waals surface area (Å²) in [6, 6.07) is 3.51. The summed E-state index contributed by atoms with van der Waals surface area (Å²) in [5.41, 5.74) is -0.120. The second-order valence-corrected chi connectivity index (χ2v) is 8.69. The molecule has 1 amide bonds. The minimum Gasteiger partial charge on any atom is -0.466 e. The zero-order valence-corrected chi connectivity index (χ0v) is 17.4. The summed E-state index contributed by atoms with van der Waals surface area (Å²) >= 11 is 3.46. The van der Waals surface area contributed by atoms with Gasteiger partial charge in [0.1, 0.15) is 4.60 Å². The first-order valence-electron chi connectivity index (χ1n) is 8.87. The molecule has 0 bridgehead atoms. The van der Waals surface area contributed by atoms with E-state index < -0.39 is 11.5 Å². The molecule has 0 saturated carbocycles. The number of amides is 1. The maximum absolute atomic E-state index is 13.0. The van der Waals surface area contributed by atoms with Crippen molar-refractivity contribution < 1.29 is 19.4 Å². The van der Waals surface area contributed by atoms with Gasteiger partial charge in [-0.05, 0) is 59.2 Å². The van der Waals surface area contributed by atoms with Crippen LogP contribution in [0.5, 0.6) is 0 Å². The van der Waals surface area contributed by atoms with Gasteiger partial charge in [0.05, 0.1) is 12.0 Å². The van der Waals surface area contributed by atoms with Gasteiger partial charge in [-0.25, -0.2) is 9.78 Å². The predicted molar refractivity (Wildman–Crippen MR) is 102 cm³/mol. The van der Waals surface area contributed by atoms with E-state index in [2.05, 4.69) is 20.9 Å². The van der Waals surface area contributed by atoms with Crippen molar-refractivity contribution in [3.05, 3.63) is 28.5 Å². The van der Waals surface area contributed by atoms with Crippen molar-refractivity contribution in [2.75, 3.05) is 13.2 Å². The third-order valence-electron chi connectivity index (χ3n) is 5.11. The number of nitrogens with zero attached hydrogens (tertiary/aromatic N) is 2. The van der Waals surface area contributed by atoms with E-state index in [-0.39, 0.29) is 17.4 Å². The molecule has 2 heterocycles. The van der Waals surface area contributed by atoms with Crippen LogP contribution in [0.3, 0.4) is 0 Å². The summed E-state index contributed by atoms with van der Waals surface area (Å²) in [5.74, 6) is -0.255. The number of ether oxygens (including phenoxy) is 1. The van der Waals surface area contributed by atoms with Crippen molar-refractivity contribution in [3.8, 4) is 0 Å². The van der Waals surface area contributed by atoms with Crippen LogP contribution in [-0.4, -0.2) is 46.2 Å². The lowest BCUT2D eigenvalue weighted by molar-refractivity contribution is -0.161. The largest absolute Gasteiger partial charge is 0.466 e. The van der Waals surface area contributed by atoms with E-state index in [4.69, 9.17) is 4.74 Å². The SMILES string of the molecule is CCOC(=O)C1(Cc2cccnc2Br)CCN(C(=O)O)C(C(C)(C)C)C1. The van der Waals surface area contributed by atoms with E-state index in [9.17, 15) is 14.7 Å². The van der Waals surface area contributed by atoms with Gasteiger partial charge in [-0.15, -0.1) is 0 Å². The Hall–Kier alpha value is -1.63. The molecule has 2 atom stereocenters. The third-order valence-corrected chi connectivity index (χ3v) is 5.82. The molecule has 1 aromatic heterocycles. The van der Waals surface area contributed by atoms with Crippen LogP contribution in [0.1, 0.15) is 46.1 Å². The van der Waals surface area contributed by atoms with E-state index in [1.54, 1.807) is 13.1 Å². The number of carbonyl (C=O) groups is 2. The average molecular weight is 427 g/mol. The zero-order valence-electron chi connectivity index (χ0n) is 15.8. The molecule has 0 spiro atoms. The van der Waals surface area contributed by atoms with E-state index in [0.717, 1.165) is 5.56 Å². The Morgan fingerprint density at radius 1 is 1.46 bits per heavy atom. The first-order valence-corrected chi connectivity index (χ1v) is 9.66. The maximum atomic E-state index is 13.0. The average Bonchev–Trinajstić information content (AvgIpc) is 2.56. The Kier molecular flexibility index (Phi) is 6.32. The lowest BCUT2D eigenvalue weighted by atomic mass is 9.66. The summed E-state index contributed by atoms with van der Waals surface area (Å²) in [6.07, 6.45) is 2.09. The Balaban J connectivity index is 2.43. The number of hydrogen-bond acceptors (Lipinski definition) is 4. The number of likely N-dealkylation sites (tertiary alicyclic amines) is 1. The predicted octanol–water partition coefficient (Wildman–Crippen LogP) is 4.12. The molecule has 0 radical (unpaired) electrons. The van der Waals surface area contributed by atoms with Gasteiger partial charge in [-0.2, -0.15) is 0 Å². The monoisotopic (exact) mass is 426 g/mol. The first-order chi connectivity index (χ1) is 12.1.